The fourth-order valence-corrected chi connectivity index (χ4v) is 9.94. The molecule has 3 aromatic carbocycles. The number of amides is 5. The molecule has 0 saturated carbocycles. The summed E-state index contributed by atoms with van der Waals surface area (Å²) in [5.41, 5.74) is 6.01. The number of aliphatic hydroxyl groups is 1. The number of likely N-dealkylation sites (tertiary alicyclic amines) is 1. The minimum absolute atomic E-state index is 0.000580. The van der Waals surface area contributed by atoms with E-state index in [0.717, 1.165) is 59.3 Å². The number of aliphatic hydroxyl groups excluding tert-OH is 1. The van der Waals surface area contributed by atoms with E-state index in [1.807, 2.05) is 88.7 Å². The molecular weight excluding hydrogens is 970 g/mol. The van der Waals surface area contributed by atoms with Gasteiger partial charge in [-0.1, -0.05) is 68.2 Å². The number of aryl methyl sites for hydroxylation is 1. The van der Waals surface area contributed by atoms with E-state index in [1.54, 1.807) is 24.5 Å². The fourth-order valence-electron chi connectivity index (χ4n) is 8.53. The molecule has 2 aromatic heterocycles. The molecular formula is C50H61Cl2N11O7S. The minimum atomic E-state index is -0.912. The molecule has 2 fully saturated rings. The van der Waals surface area contributed by atoms with Gasteiger partial charge in [0.15, 0.2) is 0 Å². The molecule has 18 nitrogen and oxygen atoms in total. The van der Waals surface area contributed by atoms with Crippen LogP contribution in [0.15, 0.2) is 72.5 Å². The van der Waals surface area contributed by atoms with Crippen LogP contribution in [0.5, 0.6) is 11.5 Å². The highest BCUT2D eigenvalue weighted by atomic mass is 35.5. The van der Waals surface area contributed by atoms with E-state index in [9.17, 15) is 24.3 Å². The standard InChI is InChI=1S/C50H61Cl2N11O7S/c1-29(31-9-11-32(12-10-31)45-30(2)55-28-71-45)56-47(66)36-23-35(64)26-63(36)48(67)46(50(3,4)5)58-41(65)17-18-61-19-21-62(22-20-61)34-15-13-33(14-16-34)57-39-25-40(54-27-53-39)60(6)49(68)59-44-42(51)37(69-7)24-38(70-8)43(44)52/h9-16,24-25,27-29,35-36,46,64H,17-23,26H2,1-8H3,(H,56,66)(H,58,65)(H,59,68)(H,53,54,57)/t29?,35-,36+,46?/m1/s1. The molecule has 2 aliphatic rings. The van der Waals surface area contributed by atoms with Crippen molar-refractivity contribution in [3.63, 3.8) is 0 Å². The Kier molecular flexibility index (Phi) is 16.9. The Morgan fingerprint density at radius 3 is 2.18 bits per heavy atom. The van der Waals surface area contributed by atoms with Crippen LogP contribution in [0.4, 0.5) is 33.5 Å². The van der Waals surface area contributed by atoms with Gasteiger partial charge in [0, 0.05) is 82.7 Å². The first-order valence-electron chi connectivity index (χ1n) is 23.2. The molecule has 2 aliphatic heterocycles. The molecule has 4 atom stereocenters. The van der Waals surface area contributed by atoms with Gasteiger partial charge < -0.3 is 45.6 Å². The number of halogens is 2. The van der Waals surface area contributed by atoms with Gasteiger partial charge in [0.05, 0.1) is 48.1 Å². The number of nitrogens with one attached hydrogen (secondary N) is 4. The Morgan fingerprint density at radius 2 is 1.58 bits per heavy atom. The van der Waals surface area contributed by atoms with Crippen LogP contribution < -0.4 is 40.5 Å². The van der Waals surface area contributed by atoms with Crippen LogP contribution in [0.1, 0.15) is 57.8 Å². The first-order valence-corrected chi connectivity index (χ1v) is 24.9. The molecule has 7 rings (SSSR count). The highest BCUT2D eigenvalue weighted by Gasteiger charge is 2.45. The highest BCUT2D eigenvalue weighted by Crippen LogP contribution is 2.44. The number of urea groups is 1. The van der Waals surface area contributed by atoms with Gasteiger partial charge in [0.1, 0.15) is 51.6 Å². The maximum Gasteiger partial charge on any atom is 0.327 e. The number of methoxy groups -OCH3 is 2. The molecule has 0 aliphatic carbocycles. The lowest BCUT2D eigenvalue weighted by Crippen LogP contribution is -2.58. The van der Waals surface area contributed by atoms with Crippen LogP contribution in [0.3, 0.4) is 0 Å². The SMILES string of the molecule is COc1cc(OC)c(Cl)c(NC(=O)N(C)c2cc(Nc3ccc(N4CCN(CCC(=O)NC(C(=O)N5C[C@H](O)C[C@H]5C(=O)NC(C)c5ccc(-c6scnc6C)cc5)C(C)(C)C)CC4)cc3)ncn2)c1Cl. The second-order valence-corrected chi connectivity index (χ2v) is 20.3. The summed E-state index contributed by atoms with van der Waals surface area (Å²) < 4.78 is 10.6. The summed E-state index contributed by atoms with van der Waals surface area (Å²) in [6.45, 7) is 13.0. The predicted octanol–water partition coefficient (Wildman–Crippen LogP) is 7.53. The number of rotatable bonds is 16. The van der Waals surface area contributed by atoms with Crippen molar-refractivity contribution in [1.82, 2.24) is 35.4 Å². The summed E-state index contributed by atoms with van der Waals surface area (Å²) >= 11 is 14.5. The number of β-amino-alcohol motifs (C(OH)–C–C–N with tert-alkyl or cyclic N) is 1. The van der Waals surface area contributed by atoms with Crippen molar-refractivity contribution in [3.8, 4) is 21.9 Å². The zero-order valence-electron chi connectivity index (χ0n) is 41.1. The summed E-state index contributed by atoms with van der Waals surface area (Å²) in [5, 5.41) is 23.0. The third-order valence-electron chi connectivity index (χ3n) is 12.7. The van der Waals surface area contributed by atoms with E-state index >= 15 is 0 Å². The van der Waals surface area contributed by atoms with Crippen LogP contribution in [0.2, 0.25) is 10.0 Å². The number of thiazole rings is 1. The van der Waals surface area contributed by atoms with Gasteiger partial charge in [-0.25, -0.2) is 19.7 Å². The molecule has 5 amide bonds. The van der Waals surface area contributed by atoms with Crippen molar-refractivity contribution in [3.05, 3.63) is 93.8 Å². The maximum absolute atomic E-state index is 14.2. The van der Waals surface area contributed by atoms with Gasteiger partial charge in [0.2, 0.25) is 17.7 Å². The zero-order valence-corrected chi connectivity index (χ0v) is 43.4. The lowest BCUT2D eigenvalue weighted by Gasteiger charge is -2.37. The van der Waals surface area contributed by atoms with Crippen molar-refractivity contribution in [2.45, 2.75) is 71.7 Å². The monoisotopic (exact) mass is 1030 g/mol. The van der Waals surface area contributed by atoms with Gasteiger partial charge >= 0.3 is 6.03 Å². The topological polar surface area (TPSA) is 207 Å². The largest absolute Gasteiger partial charge is 0.495 e. The molecule has 5 aromatic rings. The fraction of sp³-hybridized carbons (Fsp3) is 0.420. The van der Waals surface area contributed by atoms with Crippen LogP contribution in [-0.4, -0.2) is 132 Å². The molecule has 0 radical (unpaired) electrons. The molecule has 2 unspecified atom stereocenters. The molecule has 5 N–H and O–H groups in total. The average molecular weight is 1030 g/mol. The number of piperazine rings is 1. The van der Waals surface area contributed by atoms with Gasteiger partial charge in [0.25, 0.3) is 0 Å². The third-order valence-corrected chi connectivity index (χ3v) is 14.4. The van der Waals surface area contributed by atoms with E-state index in [-0.39, 0.29) is 64.5 Å². The first kappa shape index (κ1) is 52.6. The predicted molar refractivity (Wildman–Crippen MR) is 278 cm³/mol. The Hall–Kier alpha value is -6.25. The normalized spacial score (nSPS) is 17.0. The number of aromatic nitrogens is 3. The smallest absolute Gasteiger partial charge is 0.327 e. The van der Waals surface area contributed by atoms with E-state index < -0.39 is 35.5 Å². The summed E-state index contributed by atoms with van der Waals surface area (Å²) in [7, 11) is 4.43. The first-order chi connectivity index (χ1) is 33.8. The Bertz CT molecular complexity index is 2670. The van der Waals surface area contributed by atoms with E-state index in [1.165, 1.54) is 36.4 Å². The number of benzene rings is 3. The Morgan fingerprint density at radius 1 is 0.915 bits per heavy atom. The number of carbonyl (C=O) groups excluding carboxylic acids is 4. The lowest BCUT2D eigenvalue weighted by molar-refractivity contribution is -0.144. The summed E-state index contributed by atoms with van der Waals surface area (Å²) in [6.07, 6.45) is 0.777. The van der Waals surface area contributed by atoms with E-state index in [4.69, 9.17) is 32.7 Å². The Balaban J connectivity index is 0.874. The van der Waals surface area contributed by atoms with E-state index in [2.05, 4.69) is 46.0 Å². The van der Waals surface area contributed by atoms with Crippen molar-refractivity contribution < 1.29 is 33.8 Å². The third kappa shape index (κ3) is 12.6. The van der Waals surface area contributed by atoms with Gasteiger partial charge in [-0.05, 0) is 54.7 Å². The molecule has 4 heterocycles. The quantitative estimate of drug-likeness (QED) is 0.0649. The second kappa shape index (κ2) is 22.9. The number of ether oxygens (including phenoxy) is 2. The molecule has 0 bridgehead atoms. The van der Waals surface area contributed by atoms with Crippen LogP contribution in [0, 0.1) is 12.3 Å². The minimum Gasteiger partial charge on any atom is -0.495 e. The molecule has 378 valence electrons. The van der Waals surface area contributed by atoms with Crippen LogP contribution in [-0.2, 0) is 14.4 Å². The van der Waals surface area contributed by atoms with Crippen LogP contribution in [0.25, 0.3) is 10.4 Å². The number of anilines is 5. The number of hydrogen-bond acceptors (Lipinski definition) is 14. The molecule has 0 spiro atoms. The summed E-state index contributed by atoms with van der Waals surface area (Å²) in [5.74, 6) is 0.317. The van der Waals surface area contributed by atoms with Crippen molar-refractivity contribution in [2.24, 2.45) is 5.41 Å². The van der Waals surface area contributed by atoms with Gasteiger partial charge in [-0.3, -0.25) is 24.2 Å². The van der Waals surface area contributed by atoms with Crippen molar-refractivity contribution in [2.75, 3.05) is 81.0 Å². The van der Waals surface area contributed by atoms with Crippen LogP contribution >= 0.6 is 34.5 Å². The van der Waals surface area contributed by atoms with Crippen molar-refractivity contribution >= 4 is 87.0 Å². The molecule has 21 heteroatoms. The number of hydrogen-bond donors (Lipinski definition) is 5. The van der Waals surface area contributed by atoms with Crippen molar-refractivity contribution in [1.29, 1.82) is 0 Å². The lowest BCUT2D eigenvalue weighted by atomic mass is 9.85. The average Bonchev–Trinajstić information content (AvgIpc) is 3.98. The van der Waals surface area contributed by atoms with Gasteiger partial charge in [-0.15, -0.1) is 11.3 Å². The Labute approximate surface area is 428 Å². The van der Waals surface area contributed by atoms with Gasteiger partial charge in [-0.2, -0.15) is 0 Å². The highest BCUT2D eigenvalue weighted by molar-refractivity contribution is 7.13. The maximum atomic E-state index is 14.2. The number of carbonyl (C=O) groups is 4. The summed E-state index contributed by atoms with van der Waals surface area (Å²) in [4.78, 5) is 76.0. The zero-order chi connectivity index (χ0) is 51.1. The molecule has 71 heavy (non-hydrogen) atoms. The summed E-state index contributed by atoms with van der Waals surface area (Å²) in [6, 6.07) is 16.3. The van der Waals surface area contributed by atoms with E-state index in [0.29, 0.717) is 18.2 Å². The second-order valence-electron chi connectivity index (χ2n) is 18.7. The molecule has 2 saturated heterocycles. The number of nitrogens with zero attached hydrogens (tertiary/aromatic N) is 7.